The third-order valence-electron chi connectivity index (χ3n) is 4.09. The monoisotopic (exact) mass is 341 g/mol. The molecule has 10 nitrogen and oxygen atoms in total. The Hall–Kier alpha value is -2.08. The lowest BCUT2D eigenvalue weighted by molar-refractivity contribution is -0.264. The number of alkyl halides is 1. The van der Waals surface area contributed by atoms with Crippen molar-refractivity contribution in [3.8, 4) is 0 Å². The second-order valence-electron chi connectivity index (χ2n) is 6.25. The van der Waals surface area contributed by atoms with Gasteiger partial charge in [0.2, 0.25) is 5.95 Å². The number of imidazole rings is 1. The highest BCUT2D eigenvalue weighted by molar-refractivity contribution is 5.70. The van der Waals surface area contributed by atoms with Gasteiger partial charge in [-0.15, -0.1) is 0 Å². The number of hydrogen-bond donors (Lipinski definition) is 3. The third-order valence-corrected chi connectivity index (χ3v) is 4.09. The smallest absolute Gasteiger partial charge is 0.280 e. The minimum atomic E-state index is -2.45. The Morgan fingerprint density at radius 2 is 2.21 bits per heavy atom. The predicted octanol–water partition coefficient (Wildman–Crippen LogP) is -0.591. The summed E-state index contributed by atoms with van der Waals surface area (Å²) in [6.45, 7) is 2.35. The van der Waals surface area contributed by atoms with E-state index in [9.17, 15) is 14.3 Å². The van der Waals surface area contributed by atoms with Gasteiger partial charge in [0.05, 0.1) is 6.33 Å². The maximum absolute atomic E-state index is 14.9. The van der Waals surface area contributed by atoms with Crippen molar-refractivity contribution < 1.29 is 23.7 Å². The van der Waals surface area contributed by atoms with Crippen LogP contribution in [0.2, 0.25) is 0 Å². The number of fused-ring (bicyclic) bond motifs is 2. The zero-order valence-electron chi connectivity index (χ0n) is 12.9. The molecule has 11 heteroatoms. The van der Waals surface area contributed by atoms with Gasteiger partial charge in [0.15, 0.2) is 29.3 Å². The fourth-order valence-electron chi connectivity index (χ4n) is 3.14. The molecule has 24 heavy (non-hydrogen) atoms. The van der Waals surface area contributed by atoms with Crippen LogP contribution in [0.5, 0.6) is 0 Å². The first-order valence-electron chi connectivity index (χ1n) is 7.30. The number of hydrogen-bond acceptors (Lipinski definition) is 8. The first-order valence-corrected chi connectivity index (χ1v) is 7.30. The highest BCUT2D eigenvalue weighted by Crippen LogP contribution is 2.48. The SMILES string of the molecule is CC1(C)OC2C(O1)[C@@](F)(CO)O[C@H]2n1cnc2c(=O)[nH]c(N)nc21. The summed E-state index contributed by atoms with van der Waals surface area (Å²) in [5.41, 5.74) is 5.19. The molecule has 2 saturated heterocycles. The zero-order chi connectivity index (χ0) is 17.3. The van der Waals surface area contributed by atoms with Crippen LogP contribution in [0.15, 0.2) is 11.1 Å². The highest BCUT2D eigenvalue weighted by atomic mass is 19.2. The number of nitrogens with one attached hydrogen (secondary N) is 1. The molecule has 0 saturated carbocycles. The van der Waals surface area contributed by atoms with Gasteiger partial charge >= 0.3 is 0 Å². The van der Waals surface area contributed by atoms with E-state index in [1.807, 2.05) is 0 Å². The summed E-state index contributed by atoms with van der Waals surface area (Å²) in [5, 5.41) is 9.41. The molecular weight excluding hydrogens is 325 g/mol. The molecule has 2 unspecified atom stereocenters. The highest BCUT2D eigenvalue weighted by Gasteiger charge is 2.64. The second-order valence-corrected chi connectivity index (χ2v) is 6.25. The lowest BCUT2D eigenvalue weighted by Crippen LogP contribution is -2.42. The van der Waals surface area contributed by atoms with Gasteiger partial charge in [0.25, 0.3) is 11.4 Å². The number of halogens is 1. The number of rotatable bonds is 2. The van der Waals surface area contributed by atoms with Crippen LogP contribution in [0.3, 0.4) is 0 Å². The minimum absolute atomic E-state index is 0.0304. The van der Waals surface area contributed by atoms with Crippen molar-refractivity contribution in [2.24, 2.45) is 0 Å². The Bertz CT molecular complexity index is 866. The molecule has 4 N–H and O–H groups in total. The molecule has 0 aromatic carbocycles. The van der Waals surface area contributed by atoms with Crippen LogP contribution in [0.1, 0.15) is 20.1 Å². The molecule has 130 valence electrons. The predicted molar refractivity (Wildman–Crippen MR) is 77.4 cm³/mol. The van der Waals surface area contributed by atoms with Gasteiger partial charge in [-0.25, -0.2) is 9.37 Å². The van der Waals surface area contributed by atoms with Crippen LogP contribution < -0.4 is 11.3 Å². The van der Waals surface area contributed by atoms with Crippen LogP contribution in [-0.4, -0.2) is 55.1 Å². The van der Waals surface area contributed by atoms with Crippen molar-refractivity contribution in [3.05, 3.63) is 16.7 Å². The van der Waals surface area contributed by atoms with E-state index in [4.69, 9.17) is 19.9 Å². The summed E-state index contributed by atoms with van der Waals surface area (Å²) in [6, 6.07) is 0. The van der Waals surface area contributed by atoms with Gasteiger partial charge in [-0.05, 0) is 13.8 Å². The van der Waals surface area contributed by atoms with Crippen LogP contribution in [0.4, 0.5) is 10.3 Å². The third kappa shape index (κ3) is 2.05. The van der Waals surface area contributed by atoms with Crippen LogP contribution in [-0.2, 0) is 14.2 Å². The Labute approximate surface area is 134 Å². The quantitative estimate of drug-likeness (QED) is 0.659. The van der Waals surface area contributed by atoms with Crippen molar-refractivity contribution in [1.82, 2.24) is 19.5 Å². The summed E-state index contributed by atoms with van der Waals surface area (Å²) in [4.78, 5) is 22.2. The molecule has 4 atom stereocenters. The average molecular weight is 341 g/mol. The number of aromatic nitrogens is 4. The van der Waals surface area contributed by atoms with Gasteiger partial charge in [0, 0.05) is 0 Å². The Morgan fingerprint density at radius 3 is 2.92 bits per heavy atom. The number of anilines is 1. The largest absolute Gasteiger partial charge is 0.390 e. The molecule has 0 amide bonds. The number of H-pyrrole nitrogens is 1. The molecule has 2 fully saturated rings. The van der Waals surface area contributed by atoms with Crippen molar-refractivity contribution in [1.29, 1.82) is 0 Å². The van der Waals surface area contributed by atoms with E-state index < -0.39 is 42.2 Å². The van der Waals surface area contributed by atoms with Crippen molar-refractivity contribution in [2.75, 3.05) is 12.3 Å². The van der Waals surface area contributed by atoms with E-state index in [0.717, 1.165) is 0 Å². The number of nitrogens with two attached hydrogens (primary N) is 1. The van der Waals surface area contributed by atoms with Gasteiger partial charge < -0.3 is 25.1 Å². The molecule has 0 radical (unpaired) electrons. The van der Waals surface area contributed by atoms with Crippen molar-refractivity contribution in [3.63, 3.8) is 0 Å². The van der Waals surface area contributed by atoms with Gasteiger partial charge in [0.1, 0.15) is 12.7 Å². The molecule has 4 heterocycles. The molecule has 2 aliphatic rings. The van der Waals surface area contributed by atoms with Crippen molar-refractivity contribution in [2.45, 2.75) is 43.9 Å². The fourth-order valence-corrected chi connectivity index (χ4v) is 3.14. The molecule has 0 aliphatic carbocycles. The van der Waals surface area contributed by atoms with Gasteiger partial charge in [-0.1, -0.05) is 0 Å². The Morgan fingerprint density at radius 1 is 1.46 bits per heavy atom. The molecular formula is C13H16FN5O5. The summed E-state index contributed by atoms with van der Waals surface area (Å²) < 4.78 is 32.9. The first kappa shape index (κ1) is 15.4. The number of nitrogen functional groups attached to an aromatic ring is 1. The lowest BCUT2D eigenvalue weighted by atomic mass is 10.1. The first-order chi connectivity index (χ1) is 11.2. The second kappa shape index (κ2) is 4.72. The lowest BCUT2D eigenvalue weighted by Gasteiger charge is -2.27. The summed E-state index contributed by atoms with van der Waals surface area (Å²) in [7, 11) is 0. The molecule has 2 aliphatic heterocycles. The van der Waals surface area contributed by atoms with E-state index in [0.29, 0.717) is 0 Å². The topological polar surface area (TPSA) is 138 Å². The molecule has 2 aromatic rings. The van der Waals surface area contributed by atoms with Gasteiger partial charge in [-0.2, -0.15) is 4.98 Å². The number of aliphatic hydroxyl groups excluding tert-OH is 1. The van der Waals surface area contributed by atoms with Crippen molar-refractivity contribution >= 4 is 17.1 Å². The molecule has 4 rings (SSSR count). The van der Waals surface area contributed by atoms with E-state index in [-0.39, 0.29) is 17.1 Å². The maximum atomic E-state index is 14.9. The number of ether oxygens (including phenoxy) is 3. The van der Waals surface area contributed by atoms with E-state index in [1.165, 1.54) is 10.9 Å². The van der Waals surface area contributed by atoms with Crippen LogP contribution >= 0.6 is 0 Å². The average Bonchev–Trinajstić information content (AvgIpc) is 3.11. The number of aromatic amines is 1. The summed E-state index contributed by atoms with van der Waals surface area (Å²) in [6.07, 6.45) is -1.75. The number of aliphatic hydroxyl groups is 1. The van der Waals surface area contributed by atoms with E-state index in [2.05, 4.69) is 15.0 Å². The van der Waals surface area contributed by atoms with Gasteiger partial charge in [-0.3, -0.25) is 14.3 Å². The molecule has 2 aromatic heterocycles. The van der Waals surface area contributed by atoms with Crippen LogP contribution in [0.25, 0.3) is 11.2 Å². The zero-order valence-corrected chi connectivity index (χ0v) is 12.9. The molecule has 0 spiro atoms. The summed E-state index contributed by atoms with van der Waals surface area (Å²) in [5.74, 6) is -3.61. The Kier molecular flexibility index (Phi) is 3.04. The Balaban J connectivity index is 1.84. The normalized spacial score (nSPS) is 34.8. The van der Waals surface area contributed by atoms with Crippen LogP contribution in [0, 0.1) is 0 Å². The van der Waals surface area contributed by atoms with E-state index >= 15 is 0 Å². The maximum Gasteiger partial charge on any atom is 0.280 e. The number of nitrogens with zero attached hydrogens (tertiary/aromatic N) is 3. The standard InChI is InChI=1S/C13H16FN5O5/c1-12(2)22-6-7(23-12)13(14,3-20)24-10(6)19-4-16-5-8(19)17-11(15)18-9(5)21/h4,6-7,10,20H,3H2,1-2H3,(H3,15,17,18,21)/t6?,7?,10-,13-/m1/s1. The minimum Gasteiger partial charge on any atom is -0.390 e. The molecule has 0 bridgehead atoms. The van der Waals surface area contributed by atoms with E-state index in [1.54, 1.807) is 13.8 Å². The summed E-state index contributed by atoms with van der Waals surface area (Å²) >= 11 is 0. The fraction of sp³-hybridized carbons (Fsp3) is 0.615.